The average Bonchev–Trinajstić information content (AvgIpc) is 3.15. The van der Waals surface area contributed by atoms with Gasteiger partial charge < -0.3 is 29.7 Å². The molecule has 0 saturated carbocycles. The van der Waals surface area contributed by atoms with Crippen LogP contribution < -0.4 is 10.6 Å². The molecule has 2 aliphatic rings. The molecule has 0 bridgehead atoms. The van der Waals surface area contributed by atoms with Crippen LogP contribution in [0.2, 0.25) is 0 Å². The predicted molar refractivity (Wildman–Crippen MR) is 131 cm³/mol. The van der Waals surface area contributed by atoms with Crippen molar-refractivity contribution in [1.82, 2.24) is 4.98 Å². The summed E-state index contributed by atoms with van der Waals surface area (Å²) in [6.07, 6.45) is 1.63. The smallest absolute Gasteiger partial charge is 0.313 e. The van der Waals surface area contributed by atoms with E-state index >= 15 is 4.39 Å². The van der Waals surface area contributed by atoms with Crippen molar-refractivity contribution < 1.29 is 32.6 Å². The number of ether oxygens (including phenoxy) is 3. The molecule has 10 nitrogen and oxygen atoms in total. The number of anilines is 1. The largest absolute Gasteiger partial charge is 0.460 e. The van der Waals surface area contributed by atoms with Crippen LogP contribution in [0.3, 0.4) is 0 Å². The topological polar surface area (TPSA) is 132 Å². The van der Waals surface area contributed by atoms with Gasteiger partial charge >= 0.3 is 5.97 Å². The molecule has 1 atom stereocenters. The van der Waals surface area contributed by atoms with E-state index in [1.807, 2.05) is 13.8 Å². The molecule has 12 heteroatoms. The van der Waals surface area contributed by atoms with Crippen molar-refractivity contribution in [3.8, 4) is 11.1 Å². The number of oxime groups is 1. The van der Waals surface area contributed by atoms with E-state index in [0.717, 1.165) is 5.71 Å². The third kappa shape index (κ3) is 6.77. The lowest BCUT2D eigenvalue weighted by Gasteiger charge is -2.33. The van der Waals surface area contributed by atoms with Gasteiger partial charge in [-0.05, 0) is 19.9 Å². The summed E-state index contributed by atoms with van der Waals surface area (Å²) in [5, 5.41) is 11.2. The number of halogens is 2. The van der Waals surface area contributed by atoms with E-state index in [1.165, 1.54) is 24.4 Å². The summed E-state index contributed by atoms with van der Waals surface area (Å²) in [4.78, 5) is 22.8. The van der Waals surface area contributed by atoms with Gasteiger partial charge in [0.05, 0.1) is 31.5 Å². The van der Waals surface area contributed by atoms with Crippen molar-refractivity contribution in [3.63, 3.8) is 0 Å². The van der Waals surface area contributed by atoms with Crippen LogP contribution in [0, 0.1) is 17.0 Å². The number of nitrogens with zero attached hydrogens (tertiary/aromatic N) is 3. The monoisotopic (exact) mass is 517 g/mol. The fourth-order valence-corrected chi connectivity index (χ4v) is 3.92. The molecule has 0 aliphatic carbocycles. The highest BCUT2D eigenvalue weighted by Gasteiger charge is 2.32. The summed E-state index contributed by atoms with van der Waals surface area (Å²) >= 11 is 0. The summed E-state index contributed by atoms with van der Waals surface area (Å²) < 4.78 is 46.0. The highest BCUT2D eigenvalue weighted by Crippen LogP contribution is 2.29. The van der Waals surface area contributed by atoms with Gasteiger partial charge in [0, 0.05) is 29.3 Å². The van der Waals surface area contributed by atoms with Crippen LogP contribution in [0.4, 0.5) is 14.6 Å². The molecule has 4 rings (SSSR count). The molecule has 2 aromatic rings. The molecule has 3 N–H and O–H groups in total. The Morgan fingerprint density at radius 3 is 2.81 bits per heavy atom. The molecule has 1 aromatic carbocycles. The summed E-state index contributed by atoms with van der Waals surface area (Å²) in [7, 11) is 0. The van der Waals surface area contributed by atoms with Crippen LogP contribution in [0.1, 0.15) is 32.3 Å². The molecule has 198 valence electrons. The second-order valence-corrected chi connectivity index (χ2v) is 9.26. The molecule has 0 radical (unpaired) electrons. The number of aromatic nitrogens is 1. The van der Waals surface area contributed by atoms with Gasteiger partial charge in [-0.1, -0.05) is 23.4 Å². The third-order valence-electron chi connectivity index (χ3n) is 5.77. The maximum absolute atomic E-state index is 15.0. The average molecular weight is 518 g/mol. The Kier molecular flexibility index (Phi) is 7.98. The molecular formula is C25H29F2N5O5. The number of nitrogens with one attached hydrogen (secondary N) is 1. The Balaban J connectivity index is 1.30. The zero-order valence-corrected chi connectivity index (χ0v) is 20.6. The van der Waals surface area contributed by atoms with Gasteiger partial charge in [-0.3, -0.25) is 10.2 Å². The van der Waals surface area contributed by atoms with E-state index < -0.39 is 23.4 Å². The van der Waals surface area contributed by atoms with Crippen LogP contribution in [0.25, 0.3) is 11.1 Å². The third-order valence-corrected chi connectivity index (χ3v) is 5.77. The van der Waals surface area contributed by atoms with Crippen LogP contribution in [0.5, 0.6) is 0 Å². The lowest BCUT2D eigenvalue weighted by molar-refractivity contribution is -0.143. The molecule has 3 heterocycles. The van der Waals surface area contributed by atoms with Crippen LogP contribution >= 0.6 is 0 Å². The second-order valence-electron chi connectivity index (χ2n) is 9.26. The first kappa shape index (κ1) is 26.4. The van der Waals surface area contributed by atoms with Gasteiger partial charge in [0.1, 0.15) is 31.3 Å². The second kappa shape index (κ2) is 11.2. The maximum Gasteiger partial charge on any atom is 0.313 e. The zero-order valence-electron chi connectivity index (χ0n) is 20.6. The fourth-order valence-electron chi connectivity index (χ4n) is 3.92. The Morgan fingerprint density at radius 2 is 2.14 bits per heavy atom. The Bertz CT molecular complexity index is 1200. The quantitative estimate of drug-likeness (QED) is 0.162. The van der Waals surface area contributed by atoms with Gasteiger partial charge in [-0.2, -0.15) is 0 Å². The van der Waals surface area contributed by atoms with Gasteiger partial charge in [-0.25, -0.2) is 13.8 Å². The summed E-state index contributed by atoms with van der Waals surface area (Å²) in [6.45, 7) is 5.03. The predicted octanol–water partition coefficient (Wildman–Crippen LogP) is 3.13. The van der Waals surface area contributed by atoms with Gasteiger partial charge in [0.2, 0.25) is 0 Å². The molecule has 0 spiro atoms. The van der Waals surface area contributed by atoms with Gasteiger partial charge in [0.15, 0.2) is 17.4 Å². The molecule has 2 fully saturated rings. The molecule has 2 aliphatic heterocycles. The first-order valence-electron chi connectivity index (χ1n) is 11.8. The minimum Gasteiger partial charge on any atom is -0.460 e. The van der Waals surface area contributed by atoms with E-state index in [1.54, 1.807) is 11.0 Å². The first-order valence-corrected chi connectivity index (χ1v) is 11.8. The minimum absolute atomic E-state index is 0.0304. The van der Waals surface area contributed by atoms with Crippen molar-refractivity contribution in [2.24, 2.45) is 10.9 Å². The lowest BCUT2D eigenvalue weighted by Crippen LogP contribution is -2.48. The molecule has 37 heavy (non-hydrogen) atoms. The van der Waals surface area contributed by atoms with Crippen LogP contribution in [-0.4, -0.2) is 60.7 Å². The summed E-state index contributed by atoms with van der Waals surface area (Å²) in [5.74, 6) is -2.77. The molecular weight excluding hydrogens is 488 g/mol. The summed E-state index contributed by atoms with van der Waals surface area (Å²) in [6, 6.07) is 5.73. The number of carbonyl (C=O) groups is 1. The standard InChI is InChI=1S/C25H29F2N5O5/c1-25(2)35-14-18(37-25)6-7-36-31-17-11-32(12-17)24-20(26)8-16(10-30-24)19-5-3-4-15(23(19)27)13-34-22(33)9-21(28)29/h3-5,8,10,18H,6-7,9,11-14H2,1-2H3,(H3,28,29). The SMILES string of the molecule is CC1(C)OCC(CCON=C2CN(c3ncc(-c4cccc(COC(=O)CC(=N)N)c4F)cc3F)C2)O1. The number of nitrogens with two attached hydrogens (primary N) is 1. The zero-order chi connectivity index (χ0) is 26.6. The van der Waals surface area contributed by atoms with Crippen molar-refractivity contribution in [2.75, 3.05) is 31.2 Å². The van der Waals surface area contributed by atoms with Crippen LogP contribution in [-0.2, 0) is 30.4 Å². The summed E-state index contributed by atoms with van der Waals surface area (Å²) in [5.41, 5.74) is 6.39. The number of amidine groups is 1. The number of hydrogen-bond acceptors (Lipinski definition) is 9. The molecule has 1 unspecified atom stereocenters. The molecule has 0 amide bonds. The van der Waals surface area contributed by atoms with E-state index in [2.05, 4.69) is 10.1 Å². The number of pyridine rings is 1. The Hall–Kier alpha value is -3.64. The van der Waals surface area contributed by atoms with E-state index in [-0.39, 0.29) is 47.5 Å². The highest BCUT2D eigenvalue weighted by molar-refractivity contribution is 5.99. The van der Waals surface area contributed by atoms with Gasteiger partial charge in [0.25, 0.3) is 0 Å². The number of benzene rings is 1. The number of rotatable bonds is 10. The normalized spacial score (nSPS) is 18.3. The maximum atomic E-state index is 15.0. The molecule has 1 aromatic heterocycles. The van der Waals surface area contributed by atoms with Crippen molar-refractivity contribution in [1.29, 1.82) is 5.41 Å². The van der Waals surface area contributed by atoms with Crippen molar-refractivity contribution in [2.45, 2.75) is 45.2 Å². The molecule has 2 saturated heterocycles. The Morgan fingerprint density at radius 1 is 1.35 bits per heavy atom. The van der Waals surface area contributed by atoms with E-state index in [9.17, 15) is 9.18 Å². The van der Waals surface area contributed by atoms with Crippen molar-refractivity contribution >= 4 is 23.3 Å². The Labute approximate surface area is 212 Å². The van der Waals surface area contributed by atoms with Gasteiger partial charge in [-0.15, -0.1) is 0 Å². The van der Waals surface area contributed by atoms with Crippen molar-refractivity contribution in [3.05, 3.63) is 47.7 Å². The lowest BCUT2D eigenvalue weighted by atomic mass is 10.0. The van der Waals surface area contributed by atoms with E-state index in [0.29, 0.717) is 32.7 Å². The number of carbonyl (C=O) groups excluding carboxylic acids is 1. The fraction of sp³-hybridized carbons (Fsp3) is 0.440. The van der Waals surface area contributed by atoms with E-state index in [4.69, 9.17) is 30.2 Å². The number of esters is 1. The first-order chi connectivity index (χ1) is 17.6. The van der Waals surface area contributed by atoms with Crippen LogP contribution in [0.15, 0.2) is 35.6 Å². The number of hydrogen-bond donors (Lipinski definition) is 2. The highest BCUT2D eigenvalue weighted by atomic mass is 19.1. The minimum atomic E-state index is -0.737.